The molecule has 0 atom stereocenters. The van der Waals surface area contributed by atoms with E-state index in [9.17, 15) is 14.4 Å². The van der Waals surface area contributed by atoms with Crippen LogP contribution >= 0.6 is 0 Å². The number of benzene rings is 2. The van der Waals surface area contributed by atoms with E-state index in [-0.39, 0.29) is 12.6 Å². The van der Waals surface area contributed by atoms with Gasteiger partial charge in [0.2, 0.25) is 0 Å². The average Bonchev–Trinajstić information content (AvgIpc) is 2.89. The summed E-state index contributed by atoms with van der Waals surface area (Å²) in [5, 5.41) is 11.9. The topological polar surface area (TPSA) is 100.0 Å². The molecule has 1 saturated heterocycles. The lowest BCUT2D eigenvalue weighted by Gasteiger charge is -2.34. The van der Waals surface area contributed by atoms with Crippen LogP contribution in [0, 0.1) is 17.4 Å². The Kier molecular flexibility index (Phi) is 9.42. The molecule has 3 rings (SSSR count). The van der Waals surface area contributed by atoms with Crippen molar-refractivity contribution in [3.05, 3.63) is 65.7 Å². The van der Waals surface area contributed by atoms with Crippen molar-refractivity contribution < 1.29 is 14.4 Å². The predicted octanol–water partition coefficient (Wildman–Crippen LogP) is 4.06. The fraction of sp³-hybridized carbons (Fsp3) is 0.407. The van der Waals surface area contributed by atoms with E-state index in [4.69, 9.17) is 5.26 Å². The highest BCUT2D eigenvalue weighted by molar-refractivity contribution is 6.04. The zero-order valence-corrected chi connectivity index (χ0v) is 21.2. The summed E-state index contributed by atoms with van der Waals surface area (Å²) in [5.41, 5.74) is 2.14. The monoisotopic (exact) mass is 490 g/mol. The number of carbonyl (C=O) groups is 3. The summed E-state index contributed by atoms with van der Waals surface area (Å²) in [6, 6.07) is 15.9. The summed E-state index contributed by atoms with van der Waals surface area (Å²) in [6.07, 6.45) is 2.38. The van der Waals surface area contributed by atoms with Crippen molar-refractivity contribution in [2.24, 2.45) is 5.92 Å². The average molecular weight is 491 g/mol. The highest BCUT2D eigenvalue weighted by Crippen LogP contribution is 2.16. The van der Waals surface area contributed by atoms with Gasteiger partial charge in [-0.3, -0.25) is 14.6 Å². The molecule has 9 heteroatoms. The van der Waals surface area contributed by atoms with E-state index in [0.717, 1.165) is 29.4 Å². The molecule has 1 aliphatic heterocycles. The second kappa shape index (κ2) is 12.7. The van der Waals surface area contributed by atoms with Crippen LogP contribution in [0.2, 0.25) is 0 Å². The summed E-state index contributed by atoms with van der Waals surface area (Å²) >= 11 is 0. The molecule has 0 spiro atoms. The van der Waals surface area contributed by atoms with Crippen LogP contribution in [0.4, 0.5) is 15.3 Å². The van der Waals surface area contributed by atoms with Crippen LogP contribution < -0.4 is 5.32 Å². The number of nitrogens with zero attached hydrogens (tertiary/aromatic N) is 5. The Morgan fingerprint density at radius 1 is 1.00 bits per heavy atom. The molecule has 1 N–H and O–H groups in total. The minimum atomic E-state index is -0.660. The number of imide groups is 1. The van der Waals surface area contributed by atoms with Gasteiger partial charge < -0.3 is 10.2 Å². The number of anilines is 1. The molecule has 36 heavy (non-hydrogen) atoms. The van der Waals surface area contributed by atoms with Gasteiger partial charge in [0.1, 0.15) is 0 Å². The number of nitriles is 1. The van der Waals surface area contributed by atoms with E-state index < -0.39 is 11.9 Å². The molecule has 2 aromatic carbocycles. The summed E-state index contributed by atoms with van der Waals surface area (Å²) in [6.45, 7) is 7.95. The van der Waals surface area contributed by atoms with Crippen molar-refractivity contribution in [2.45, 2.75) is 26.8 Å². The number of rotatable bonds is 7. The van der Waals surface area contributed by atoms with Crippen molar-refractivity contribution in [1.29, 1.82) is 5.26 Å². The van der Waals surface area contributed by atoms with Gasteiger partial charge in [0.05, 0.1) is 0 Å². The number of hydrogen-bond acceptors (Lipinski definition) is 5. The van der Waals surface area contributed by atoms with Crippen molar-refractivity contribution in [1.82, 2.24) is 19.6 Å². The number of urea groups is 2. The van der Waals surface area contributed by atoms with Gasteiger partial charge in [-0.25, -0.2) is 14.5 Å². The first-order valence-corrected chi connectivity index (χ1v) is 12.2. The molecule has 2 aromatic rings. The zero-order valence-electron chi connectivity index (χ0n) is 21.2. The van der Waals surface area contributed by atoms with E-state index in [1.54, 1.807) is 35.4 Å². The Bertz CT molecular complexity index is 1070. The van der Waals surface area contributed by atoms with Crippen molar-refractivity contribution in [2.75, 3.05) is 45.1 Å². The number of hydrogen-bond donors (Lipinski definition) is 1. The number of amides is 5. The Balaban J connectivity index is 1.55. The van der Waals surface area contributed by atoms with Gasteiger partial charge in [0.25, 0.3) is 5.91 Å². The Hall–Kier alpha value is -3.90. The zero-order chi connectivity index (χ0) is 26.1. The molecule has 0 aliphatic carbocycles. The molecule has 1 heterocycles. The SMILES string of the molecule is CC(C)CCN(C(=O)c1ccc(NC(=O)N2CCN(Cc3ccccc3)CC2)cc1)C(=O)N(C)C#N. The van der Waals surface area contributed by atoms with Crippen LogP contribution in [0.25, 0.3) is 0 Å². The van der Waals surface area contributed by atoms with Crippen LogP contribution in [-0.4, -0.2) is 77.3 Å². The lowest BCUT2D eigenvalue weighted by Crippen LogP contribution is -2.49. The molecule has 5 amide bonds. The van der Waals surface area contributed by atoms with Gasteiger partial charge in [-0.15, -0.1) is 0 Å². The maximum absolute atomic E-state index is 13.0. The summed E-state index contributed by atoms with van der Waals surface area (Å²) in [4.78, 5) is 44.4. The molecule has 0 radical (unpaired) electrons. The van der Waals surface area contributed by atoms with Gasteiger partial charge in [-0.05, 0) is 42.2 Å². The summed E-state index contributed by atoms with van der Waals surface area (Å²) in [7, 11) is 1.33. The van der Waals surface area contributed by atoms with E-state index in [2.05, 4.69) is 22.3 Å². The third kappa shape index (κ3) is 7.30. The largest absolute Gasteiger partial charge is 0.339 e. The fourth-order valence-electron chi connectivity index (χ4n) is 3.90. The molecule has 0 aromatic heterocycles. The van der Waals surface area contributed by atoms with Crippen LogP contribution in [0.1, 0.15) is 36.2 Å². The van der Waals surface area contributed by atoms with Gasteiger partial charge >= 0.3 is 12.1 Å². The molecular formula is C27H34N6O3. The molecule has 0 saturated carbocycles. The van der Waals surface area contributed by atoms with E-state index >= 15 is 0 Å². The van der Waals surface area contributed by atoms with E-state index in [0.29, 0.717) is 36.7 Å². The summed E-state index contributed by atoms with van der Waals surface area (Å²) < 4.78 is 0. The Morgan fingerprint density at radius 2 is 1.64 bits per heavy atom. The molecule has 0 unspecified atom stereocenters. The first-order valence-electron chi connectivity index (χ1n) is 12.2. The smallest absolute Gasteiger partial charge is 0.322 e. The van der Waals surface area contributed by atoms with Crippen LogP contribution in [0.5, 0.6) is 0 Å². The fourth-order valence-corrected chi connectivity index (χ4v) is 3.90. The number of piperazine rings is 1. The first-order chi connectivity index (χ1) is 17.3. The normalized spacial score (nSPS) is 13.7. The lowest BCUT2D eigenvalue weighted by atomic mass is 10.1. The minimum absolute atomic E-state index is 0.183. The molecule has 190 valence electrons. The third-order valence-corrected chi connectivity index (χ3v) is 6.13. The minimum Gasteiger partial charge on any atom is -0.322 e. The van der Waals surface area contributed by atoms with Gasteiger partial charge in [0.15, 0.2) is 6.19 Å². The van der Waals surface area contributed by atoms with Crippen LogP contribution in [0.3, 0.4) is 0 Å². The Labute approximate surface area is 212 Å². The van der Waals surface area contributed by atoms with Crippen LogP contribution in [0.15, 0.2) is 54.6 Å². The highest BCUT2D eigenvalue weighted by atomic mass is 16.2. The molecule has 1 aliphatic rings. The quantitative estimate of drug-likeness (QED) is 0.466. The molecule has 9 nitrogen and oxygen atoms in total. The third-order valence-electron chi connectivity index (χ3n) is 6.13. The molecule has 0 bridgehead atoms. The Morgan fingerprint density at radius 3 is 2.22 bits per heavy atom. The number of nitrogens with one attached hydrogen (secondary N) is 1. The molecular weight excluding hydrogens is 456 g/mol. The maximum Gasteiger partial charge on any atom is 0.339 e. The summed E-state index contributed by atoms with van der Waals surface area (Å²) in [5.74, 6) is -0.187. The van der Waals surface area contributed by atoms with Gasteiger partial charge in [-0.2, -0.15) is 5.26 Å². The maximum atomic E-state index is 13.0. The van der Waals surface area contributed by atoms with E-state index in [1.165, 1.54) is 12.6 Å². The second-order valence-corrected chi connectivity index (χ2v) is 9.34. The van der Waals surface area contributed by atoms with Crippen LogP contribution in [-0.2, 0) is 6.54 Å². The van der Waals surface area contributed by atoms with Crippen molar-refractivity contribution in [3.63, 3.8) is 0 Å². The van der Waals surface area contributed by atoms with Crippen molar-refractivity contribution in [3.8, 4) is 6.19 Å². The first kappa shape index (κ1) is 26.7. The van der Waals surface area contributed by atoms with Crippen molar-refractivity contribution >= 4 is 23.7 Å². The standard InChI is InChI=1S/C27H34N6O3/c1-21(2)13-14-33(27(36)30(3)20-28)25(34)23-9-11-24(12-10-23)29-26(35)32-17-15-31(16-18-32)19-22-7-5-4-6-8-22/h4-12,21H,13-19H2,1-3H3,(H,29,35). The predicted molar refractivity (Wildman–Crippen MR) is 138 cm³/mol. The molecule has 1 fully saturated rings. The number of carbonyl (C=O) groups excluding carboxylic acids is 3. The van der Waals surface area contributed by atoms with Gasteiger partial charge in [-0.1, -0.05) is 44.2 Å². The highest BCUT2D eigenvalue weighted by Gasteiger charge is 2.26. The van der Waals surface area contributed by atoms with Gasteiger partial charge in [0, 0.05) is 57.6 Å². The van der Waals surface area contributed by atoms with E-state index in [1.807, 2.05) is 32.0 Å². The lowest BCUT2D eigenvalue weighted by molar-refractivity contribution is 0.0776. The second-order valence-electron chi connectivity index (χ2n) is 9.34.